The van der Waals surface area contributed by atoms with E-state index in [0.29, 0.717) is 12.3 Å². The van der Waals surface area contributed by atoms with Gasteiger partial charge in [-0.2, -0.15) is 0 Å². The van der Waals surface area contributed by atoms with Gasteiger partial charge in [-0.25, -0.2) is 4.39 Å². The Hall–Kier alpha value is -0.970. The van der Waals surface area contributed by atoms with Crippen molar-refractivity contribution in [3.63, 3.8) is 0 Å². The van der Waals surface area contributed by atoms with Crippen LogP contribution in [0, 0.1) is 11.7 Å². The Balaban J connectivity index is 1.79. The minimum Gasteiger partial charge on any atom is -0.396 e. The molecule has 106 valence electrons. The fourth-order valence-electron chi connectivity index (χ4n) is 2.66. The molecule has 1 aliphatic rings. The number of aliphatic hydroxyl groups excluding tert-OH is 2. The number of nitrogens with zero attached hydrogens (tertiary/aromatic N) is 1. The maximum Gasteiger partial charge on any atom is 0.123 e. The monoisotopic (exact) mass is 267 g/mol. The fraction of sp³-hybridized carbons (Fsp3) is 0.600. The molecule has 0 radical (unpaired) electrons. The van der Waals surface area contributed by atoms with Crippen LogP contribution < -0.4 is 0 Å². The van der Waals surface area contributed by atoms with Gasteiger partial charge in [-0.15, -0.1) is 0 Å². The van der Waals surface area contributed by atoms with E-state index in [1.807, 2.05) is 0 Å². The summed E-state index contributed by atoms with van der Waals surface area (Å²) in [5.74, 6) is 0.0921. The molecule has 0 amide bonds. The second-order valence-corrected chi connectivity index (χ2v) is 5.35. The summed E-state index contributed by atoms with van der Waals surface area (Å²) in [6.45, 7) is 3.01. The molecule has 0 saturated carbocycles. The highest BCUT2D eigenvalue weighted by atomic mass is 19.1. The van der Waals surface area contributed by atoms with Gasteiger partial charge in [0.2, 0.25) is 0 Å². The largest absolute Gasteiger partial charge is 0.396 e. The molecule has 19 heavy (non-hydrogen) atoms. The summed E-state index contributed by atoms with van der Waals surface area (Å²) < 4.78 is 12.8. The fourth-order valence-corrected chi connectivity index (χ4v) is 2.66. The molecular formula is C15H22FNO2. The van der Waals surface area contributed by atoms with Gasteiger partial charge in [0.15, 0.2) is 0 Å². The Morgan fingerprint density at radius 3 is 2.74 bits per heavy atom. The summed E-state index contributed by atoms with van der Waals surface area (Å²) in [5.41, 5.74) is 0.761. The van der Waals surface area contributed by atoms with Gasteiger partial charge < -0.3 is 15.1 Å². The van der Waals surface area contributed by atoms with E-state index in [2.05, 4.69) is 4.90 Å². The summed E-state index contributed by atoms with van der Waals surface area (Å²) in [7, 11) is 0. The Labute approximate surface area is 113 Å². The molecule has 1 aliphatic heterocycles. The van der Waals surface area contributed by atoms with Gasteiger partial charge in [-0.1, -0.05) is 12.1 Å². The van der Waals surface area contributed by atoms with Crippen LogP contribution >= 0.6 is 0 Å². The number of aliphatic hydroxyl groups is 2. The Morgan fingerprint density at radius 2 is 2.05 bits per heavy atom. The molecule has 1 heterocycles. The maximum absolute atomic E-state index is 12.8. The van der Waals surface area contributed by atoms with Crippen LogP contribution in [0.15, 0.2) is 24.3 Å². The predicted molar refractivity (Wildman–Crippen MR) is 72.2 cm³/mol. The van der Waals surface area contributed by atoms with Gasteiger partial charge in [0.05, 0.1) is 6.10 Å². The van der Waals surface area contributed by atoms with Crippen LogP contribution in [0.3, 0.4) is 0 Å². The topological polar surface area (TPSA) is 43.7 Å². The van der Waals surface area contributed by atoms with Crippen molar-refractivity contribution in [3.05, 3.63) is 35.6 Å². The third-order valence-electron chi connectivity index (χ3n) is 3.83. The number of likely N-dealkylation sites (tertiary alicyclic amines) is 1. The van der Waals surface area contributed by atoms with E-state index in [0.717, 1.165) is 38.0 Å². The number of rotatable bonds is 5. The van der Waals surface area contributed by atoms with Crippen LogP contribution in [0.1, 0.15) is 30.9 Å². The first-order valence-electron chi connectivity index (χ1n) is 6.96. The van der Waals surface area contributed by atoms with Crippen molar-refractivity contribution in [2.45, 2.75) is 25.4 Å². The standard InChI is InChI=1S/C15H22FNO2/c16-14-5-3-13(4-6-14)15(19)7-9-17-8-1-2-12(10-17)11-18/h3-6,12,15,18-19H,1-2,7-11H2. The van der Waals surface area contributed by atoms with Crippen LogP contribution in [0.2, 0.25) is 0 Å². The van der Waals surface area contributed by atoms with Gasteiger partial charge in [0.25, 0.3) is 0 Å². The van der Waals surface area contributed by atoms with Crippen LogP contribution in [0.4, 0.5) is 4.39 Å². The number of hydrogen-bond acceptors (Lipinski definition) is 3. The highest BCUT2D eigenvalue weighted by Gasteiger charge is 2.19. The highest BCUT2D eigenvalue weighted by molar-refractivity contribution is 5.18. The van der Waals surface area contributed by atoms with E-state index in [1.54, 1.807) is 12.1 Å². The first kappa shape index (κ1) is 14.4. The first-order chi connectivity index (χ1) is 9.19. The lowest BCUT2D eigenvalue weighted by Crippen LogP contribution is -2.37. The summed E-state index contributed by atoms with van der Waals surface area (Å²) in [6, 6.07) is 6.02. The zero-order valence-electron chi connectivity index (χ0n) is 11.1. The van der Waals surface area contributed by atoms with E-state index in [4.69, 9.17) is 0 Å². The van der Waals surface area contributed by atoms with Gasteiger partial charge in [0, 0.05) is 19.7 Å². The molecule has 1 fully saturated rings. The third kappa shape index (κ3) is 4.27. The summed E-state index contributed by atoms with van der Waals surface area (Å²) >= 11 is 0. The van der Waals surface area contributed by atoms with Crippen LogP contribution in [0.5, 0.6) is 0 Å². The molecule has 2 unspecified atom stereocenters. The molecular weight excluding hydrogens is 245 g/mol. The SMILES string of the molecule is OCC1CCCN(CCC(O)c2ccc(F)cc2)C1. The highest BCUT2D eigenvalue weighted by Crippen LogP contribution is 2.20. The van der Waals surface area contributed by atoms with Gasteiger partial charge in [-0.3, -0.25) is 0 Å². The Kier molecular flexibility index (Phi) is 5.31. The summed E-state index contributed by atoms with van der Waals surface area (Å²) in [6.07, 6.45) is 2.30. The maximum atomic E-state index is 12.8. The zero-order valence-corrected chi connectivity index (χ0v) is 11.1. The molecule has 0 aliphatic carbocycles. The van der Waals surface area contributed by atoms with E-state index in [9.17, 15) is 14.6 Å². The number of benzene rings is 1. The number of piperidine rings is 1. The molecule has 1 saturated heterocycles. The average Bonchev–Trinajstić information content (AvgIpc) is 2.46. The van der Waals surface area contributed by atoms with Crippen molar-refractivity contribution in [3.8, 4) is 0 Å². The first-order valence-corrected chi connectivity index (χ1v) is 6.96. The second kappa shape index (κ2) is 6.98. The van der Waals surface area contributed by atoms with Crippen molar-refractivity contribution in [1.29, 1.82) is 0 Å². The minimum absolute atomic E-state index is 0.247. The van der Waals surface area contributed by atoms with Crippen molar-refractivity contribution < 1.29 is 14.6 Å². The van der Waals surface area contributed by atoms with Gasteiger partial charge in [0.1, 0.15) is 5.82 Å². The summed E-state index contributed by atoms with van der Waals surface area (Å²) in [5, 5.41) is 19.2. The zero-order chi connectivity index (χ0) is 13.7. The Bertz CT molecular complexity index is 382. The lowest BCUT2D eigenvalue weighted by molar-refractivity contribution is 0.0962. The van der Waals surface area contributed by atoms with Crippen molar-refractivity contribution in [2.75, 3.05) is 26.2 Å². The van der Waals surface area contributed by atoms with E-state index in [1.165, 1.54) is 12.1 Å². The van der Waals surface area contributed by atoms with Crippen LogP contribution in [-0.2, 0) is 0 Å². The van der Waals surface area contributed by atoms with Crippen molar-refractivity contribution in [1.82, 2.24) is 4.90 Å². The predicted octanol–water partition coefficient (Wildman–Crippen LogP) is 1.95. The van der Waals surface area contributed by atoms with Gasteiger partial charge >= 0.3 is 0 Å². The molecule has 2 N–H and O–H groups in total. The van der Waals surface area contributed by atoms with Crippen molar-refractivity contribution >= 4 is 0 Å². The van der Waals surface area contributed by atoms with Crippen LogP contribution in [0.25, 0.3) is 0 Å². The molecule has 3 nitrogen and oxygen atoms in total. The van der Waals surface area contributed by atoms with E-state index < -0.39 is 6.10 Å². The van der Waals surface area contributed by atoms with Crippen LogP contribution in [-0.4, -0.2) is 41.4 Å². The molecule has 2 rings (SSSR count). The lowest BCUT2D eigenvalue weighted by atomic mass is 9.98. The Morgan fingerprint density at radius 1 is 1.32 bits per heavy atom. The van der Waals surface area contributed by atoms with Gasteiger partial charge in [-0.05, 0) is 49.4 Å². The minimum atomic E-state index is -0.546. The van der Waals surface area contributed by atoms with E-state index in [-0.39, 0.29) is 12.4 Å². The lowest BCUT2D eigenvalue weighted by Gasteiger charge is -2.32. The molecule has 1 aromatic rings. The smallest absolute Gasteiger partial charge is 0.123 e. The van der Waals surface area contributed by atoms with E-state index >= 15 is 0 Å². The second-order valence-electron chi connectivity index (χ2n) is 5.35. The molecule has 0 aromatic heterocycles. The quantitative estimate of drug-likeness (QED) is 0.857. The number of halogens is 1. The molecule has 0 bridgehead atoms. The molecule has 2 atom stereocenters. The molecule has 4 heteroatoms. The van der Waals surface area contributed by atoms with Crippen molar-refractivity contribution in [2.24, 2.45) is 5.92 Å². The number of hydrogen-bond donors (Lipinski definition) is 2. The average molecular weight is 267 g/mol. The third-order valence-corrected chi connectivity index (χ3v) is 3.83. The molecule has 1 aromatic carbocycles. The summed E-state index contributed by atoms with van der Waals surface area (Å²) in [4.78, 5) is 2.29. The normalized spacial score (nSPS) is 22.4. The molecule has 0 spiro atoms.